The summed E-state index contributed by atoms with van der Waals surface area (Å²) in [5.74, 6) is 0. The van der Waals surface area contributed by atoms with Crippen LogP contribution in [0.3, 0.4) is 0 Å². The van der Waals surface area contributed by atoms with Crippen molar-refractivity contribution in [2.45, 2.75) is 6.92 Å². The number of nitrogens with zero attached hydrogens (tertiary/aromatic N) is 3. The molecule has 0 aliphatic heterocycles. The molecule has 0 saturated carbocycles. The summed E-state index contributed by atoms with van der Waals surface area (Å²) in [4.78, 5) is 4.09. The fraction of sp³-hybridized carbons (Fsp3) is 0.125. The van der Waals surface area contributed by atoms with Gasteiger partial charge in [-0.3, -0.25) is 10.7 Å². The van der Waals surface area contributed by atoms with E-state index in [4.69, 9.17) is 5.73 Å². The first kappa shape index (κ1) is 21.6. The van der Waals surface area contributed by atoms with Crippen LogP contribution in [0.5, 0.6) is 0 Å². The van der Waals surface area contributed by atoms with E-state index >= 15 is 0 Å². The maximum absolute atomic E-state index is 5.21. The van der Waals surface area contributed by atoms with Crippen molar-refractivity contribution < 1.29 is 25.5 Å². The quantitative estimate of drug-likeness (QED) is 0.216. The van der Waals surface area contributed by atoms with Gasteiger partial charge < -0.3 is 21.5 Å². The van der Waals surface area contributed by atoms with E-state index in [0.717, 1.165) is 5.69 Å². The molecule has 1 aromatic heterocycles. The van der Waals surface area contributed by atoms with E-state index in [0.29, 0.717) is 5.71 Å². The molecule has 9 heteroatoms. The number of aromatic nitrogens is 1. The van der Waals surface area contributed by atoms with E-state index in [2.05, 4.69) is 52.5 Å². The van der Waals surface area contributed by atoms with Gasteiger partial charge in [-0.25, -0.2) is 0 Å². The van der Waals surface area contributed by atoms with Gasteiger partial charge in [-0.2, -0.15) is 0 Å². The Kier molecular flexibility index (Phi) is 17.1. The number of nitrogens with two attached hydrogens (primary N) is 1. The predicted molar refractivity (Wildman–Crippen MR) is 67.5 cm³/mol. The van der Waals surface area contributed by atoms with Gasteiger partial charge in [0.2, 0.25) is 0 Å². The van der Waals surface area contributed by atoms with Crippen LogP contribution in [0, 0.1) is 0 Å². The van der Waals surface area contributed by atoms with Gasteiger partial charge in [0.05, 0.1) is 5.69 Å². The molecule has 1 rings (SSSR count). The zero-order valence-corrected chi connectivity index (χ0v) is 11.4. The molecule has 0 spiro atoms. The second kappa shape index (κ2) is 13.4. The summed E-state index contributed by atoms with van der Waals surface area (Å²) < 4.78 is 0. The molecule has 0 aliphatic rings. The molecule has 0 aromatic carbocycles. The van der Waals surface area contributed by atoms with Crippen LogP contribution < -0.4 is 5.73 Å². The van der Waals surface area contributed by atoms with Crippen LogP contribution in [0.2, 0.25) is 0 Å². The summed E-state index contributed by atoms with van der Waals surface area (Å²) in [6, 6.07) is 5.57. The normalized spacial score (nSPS) is 8.88. The average Bonchev–Trinajstić information content (AvgIpc) is 2.30. The maximum atomic E-state index is 5.21. The van der Waals surface area contributed by atoms with Crippen LogP contribution in [0.25, 0.3) is 5.43 Å². The van der Waals surface area contributed by atoms with Gasteiger partial charge in [-0.1, -0.05) is 6.07 Å². The van der Waals surface area contributed by atoms with Crippen LogP contribution in [0.1, 0.15) is 12.6 Å². The molecule has 0 radical (unpaired) electrons. The topological polar surface area (TPSA) is 125 Å². The molecule has 0 unspecified atom stereocenters. The predicted octanol–water partition coefficient (Wildman–Crippen LogP) is 0.838. The van der Waals surface area contributed by atoms with Crippen molar-refractivity contribution in [3.8, 4) is 0 Å². The minimum Gasteiger partial charge on any atom is -0.870 e. The van der Waals surface area contributed by atoms with Gasteiger partial charge in [0.15, 0.2) is 17.3 Å². The van der Waals surface area contributed by atoms with Crippen molar-refractivity contribution in [3.63, 3.8) is 0 Å². The van der Waals surface area contributed by atoms with Crippen molar-refractivity contribution >= 4 is 33.2 Å². The summed E-state index contributed by atoms with van der Waals surface area (Å²) in [6.07, 6.45) is 1.70. The molecule has 0 bridgehead atoms. The standard InChI is InChI=1S/C8H10N4S.ClH.Ni.2H2O/c1-6(11-12-8(9)13)7-4-2-3-5-10-7;;;;/h2-5H,1H3,(H3,9,10,12,13);1H;;2*1H2/q;;+1;;/p-3. The van der Waals surface area contributed by atoms with Gasteiger partial charge in [-0.15, -0.1) is 0 Å². The van der Waals surface area contributed by atoms with Crippen LogP contribution in [-0.4, -0.2) is 26.8 Å². The van der Waals surface area contributed by atoms with E-state index in [1.165, 1.54) is 0 Å². The summed E-state index contributed by atoms with van der Waals surface area (Å²) in [6.45, 7) is 1.81. The monoisotopic (exact) mass is 321 g/mol. The molecule has 0 amide bonds. The molecule has 17 heavy (non-hydrogen) atoms. The molecule has 101 valence electrons. The molecule has 0 aliphatic carbocycles. The molecule has 4 N–H and O–H groups in total. The first-order valence-electron chi connectivity index (χ1n) is 3.80. The average molecular weight is 322 g/mol. The number of halogens is 1. The Morgan fingerprint density at radius 2 is 2.06 bits per heavy atom. The second-order valence-electron chi connectivity index (χ2n) is 2.36. The van der Waals surface area contributed by atoms with Gasteiger partial charge in [0.1, 0.15) is 0 Å². The van der Waals surface area contributed by atoms with E-state index in [9.17, 15) is 0 Å². The van der Waals surface area contributed by atoms with Crippen LogP contribution >= 0.6 is 10.2 Å². The summed E-state index contributed by atoms with van der Waals surface area (Å²) in [5, 5.41) is 3.97. The van der Waals surface area contributed by atoms with Crippen molar-refractivity contribution in [1.82, 2.24) is 4.98 Å². The fourth-order valence-electron chi connectivity index (χ4n) is 0.754. The van der Waals surface area contributed by atoms with Crippen LogP contribution in [0.4, 0.5) is 0 Å². The second-order valence-corrected chi connectivity index (χ2v) is 2.82. The Morgan fingerprint density at radius 1 is 1.47 bits per heavy atom. The molecular formula is C8H12ClN4NiO2S-2. The molecule has 0 atom stereocenters. The minimum absolute atomic E-state index is 0. The molecule has 6 nitrogen and oxygen atoms in total. The maximum Gasteiger partial charge on any atom is -0.870 e. The van der Waals surface area contributed by atoms with Gasteiger partial charge in [0.25, 0.3) is 0 Å². The Bertz CT molecular complexity index is 340. The third-order valence-electron chi connectivity index (χ3n) is 1.34. The van der Waals surface area contributed by atoms with Gasteiger partial charge in [0, 0.05) is 11.9 Å². The Hall–Kier alpha value is -0.626. The molecule has 0 fully saturated rings. The Labute approximate surface area is 117 Å². The molecular weight excluding hydrogens is 310 g/mol. The zero-order valence-electron chi connectivity index (χ0n) is 8.76. The van der Waals surface area contributed by atoms with E-state index < -0.39 is 0 Å². The minimum atomic E-state index is 0. The van der Waals surface area contributed by atoms with Crippen molar-refractivity contribution in [1.29, 1.82) is 0 Å². The summed E-state index contributed by atoms with van der Waals surface area (Å²) in [5.41, 5.74) is 10.3. The van der Waals surface area contributed by atoms with E-state index in [-0.39, 0.29) is 16.1 Å². The Balaban J connectivity index is -0.000000464. The van der Waals surface area contributed by atoms with Gasteiger partial charge in [-0.05, 0) is 19.1 Å². The van der Waals surface area contributed by atoms with E-state index in [1.54, 1.807) is 6.20 Å². The number of hydrogen-bond acceptors (Lipinski definition) is 4. The third kappa shape index (κ3) is 10.3. The SMILES string of the molecule is CC(=N[N-]C(N)=[SH+])c1ccccn1.[Cl][Ni].[OH-].[OH-]. The third-order valence-corrected chi connectivity index (χ3v) is 1.43. The number of thiol groups is 1. The van der Waals surface area contributed by atoms with Crippen molar-refractivity contribution in [3.05, 3.63) is 35.5 Å². The molecule has 1 heterocycles. The molecule has 1 aromatic rings. The van der Waals surface area contributed by atoms with Crippen molar-refractivity contribution in [2.75, 3.05) is 0 Å². The fourth-order valence-corrected chi connectivity index (χ4v) is 0.799. The largest absolute Gasteiger partial charge is 0.870 e. The number of hydrogen-bond donors (Lipinski definition) is 1. The first-order chi connectivity index (χ1) is 7.20. The van der Waals surface area contributed by atoms with Crippen LogP contribution in [0.15, 0.2) is 29.5 Å². The first-order valence-corrected chi connectivity index (χ1v) is 5.61. The van der Waals surface area contributed by atoms with Crippen LogP contribution in [-0.2, 0) is 26.8 Å². The zero-order chi connectivity index (χ0) is 11.7. The van der Waals surface area contributed by atoms with Gasteiger partial charge >= 0.3 is 24.8 Å². The number of pyridine rings is 1. The summed E-state index contributed by atoms with van der Waals surface area (Å²) >= 11 is 7.13. The summed E-state index contributed by atoms with van der Waals surface area (Å²) in [7, 11) is 4.26. The van der Waals surface area contributed by atoms with E-state index in [1.807, 2.05) is 25.1 Å². The Morgan fingerprint density at radius 3 is 2.47 bits per heavy atom. The molecule has 0 saturated heterocycles. The van der Waals surface area contributed by atoms with Crippen molar-refractivity contribution in [2.24, 2.45) is 10.8 Å². The smallest absolute Gasteiger partial charge is 0.870 e. The number of rotatable bonds is 2.